The Balaban J connectivity index is 1.91. The minimum atomic E-state index is -4.15. The van der Waals surface area contributed by atoms with Crippen LogP contribution < -0.4 is 10.6 Å². The third-order valence-corrected chi connectivity index (χ3v) is 5.41. The molecule has 1 unspecified atom stereocenters. The Morgan fingerprint density at radius 1 is 1.29 bits per heavy atom. The van der Waals surface area contributed by atoms with Crippen LogP contribution in [0.15, 0.2) is 0 Å². The molecule has 21 heavy (non-hydrogen) atoms. The Hall–Kier alpha value is -1.42. The summed E-state index contributed by atoms with van der Waals surface area (Å²) < 4.78 is 38.9. The van der Waals surface area contributed by atoms with Crippen LogP contribution >= 0.6 is 11.3 Å². The smallest absolute Gasteiger partial charge is 0.393 e. The third-order valence-electron chi connectivity index (χ3n) is 4.22. The summed E-state index contributed by atoms with van der Waals surface area (Å²) >= 11 is 1.25. The summed E-state index contributed by atoms with van der Waals surface area (Å²) in [4.78, 5) is 2.22. The van der Waals surface area contributed by atoms with E-state index in [1.807, 2.05) is 0 Å². The van der Waals surface area contributed by atoms with Gasteiger partial charge in [-0.3, -0.25) is 0 Å². The molecule has 3 nitrogen and oxygen atoms in total. The minimum Gasteiger partial charge on any atom is -0.397 e. The van der Waals surface area contributed by atoms with Crippen LogP contribution in [0, 0.1) is 17.2 Å². The molecule has 1 aromatic rings. The van der Waals surface area contributed by atoms with Gasteiger partial charge < -0.3 is 10.6 Å². The number of nitrogens with zero attached hydrogens (tertiary/aromatic N) is 2. The van der Waals surface area contributed by atoms with Crippen molar-refractivity contribution >= 4 is 22.0 Å². The highest BCUT2D eigenvalue weighted by Gasteiger charge is 2.43. The fraction of sp³-hybridized carbons (Fsp3) is 0.643. The SMILES string of the molecule is N#Cc1sc(N2CCCC(C(F)(F)F)C2)c(C2CC2)c1N. The summed E-state index contributed by atoms with van der Waals surface area (Å²) in [6.45, 7) is 0.588. The summed E-state index contributed by atoms with van der Waals surface area (Å²) in [5.74, 6) is -0.961. The fourth-order valence-corrected chi connectivity index (χ4v) is 4.10. The number of rotatable bonds is 2. The van der Waals surface area contributed by atoms with E-state index in [0.29, 0.717) is 29.4 Å². The first-order chi connectivity index (χ1) is 9.91. The largest absolute Gasteiger partial charge is 0.397 e. The van der Waals surface area contributed by atoms with Crippen molar-refractivity contribution in [2.45, 2.75) is 37.8 Å². The molecule has 0 aromatic carbocycles. The Morgan fingerprint density at radius 3 is 2.57 bits per heavy atom. The number of piperidine rings is 1. The van der Waals surface area contributed by atoms with Crippen molar-refractivity contribution in [3.63, 3.8) is 0 Å². The number of nitriles is 1. The first-order valence-corrected chi connectivity index (χ1v) is 7.87. The molecule has 7 heteroatoms. The molecular weight excluding hydrogens is 299 g/mol. The zero-order chi connectivity index (χ0) is 15.2. The average molecular weight is 315 g/mol. The monoisotopic (exact) mass is 315 g/mol. The van der Waals surface area contributed by atoms with Crippen LogP contribution in [-0.2, 0) is 0 Å². The fourth-order valence-electron chi connectivity index (χ4n) is 2.96. The molecule has 1 aliphatic carbocycles. The lowest BCUT2D eigenvalue weighted by Gasteiger charge is -2.35. The topological polar surface area (TPSA) is 53.0 Å². The first kappa shape index (κ1) is 14.5. The highest BCUT2D eigenvalue weighted by atomic mass is 32.1. The van der Waals surface area contributed by atoms with Gasteiger partial charge in [-0.2, -0.15) is 18.4 Å². The standard InChI is InChI=1S/C14H16F3N3S/c15-14(16,17)9-2-1-5-20(7-9)13-11(8-3-4-8)12(19)10(6-18)21-13/h8-9H,1-5,7,19H2. The summed E-state index contributed by atoms with van der Waals surface area (Å²) in [6, 6.07) is 2.06. The normalized spacial score (nSPS) is 23.1. The van der Waals surface area contributed by atoms with Gasteiger partial charge in [0.15, 0.2) is 0 Å². The number of alkyl halides is 3. The van der Waals surface area contributed by atoms with Gasteiger partial charge in [0, 0.05) is 18.7 Å². The predicted molar refractivity (Wildman–Crippen MR) is 76.4 cm³/mol. The molecule has 2 aliphatic rings. The summed E-state index contributed by atoms with van der Waals surface area (Å²) in [6.07, 6.45) is -1.43. The van der Waals surface area contributed by atoms with Crippen LogP contribution in [0.3, 0.4) is 0 Å². The highest BCUT2D eigenvalue weighted by Crippen LogP contribution is 2.52. The van der Waals surface area contributed by atoms with Crippen molar-refractivity contribution in [2.24, 2.45) is 5.92 Å². The molecular formula is C14H16F3N3S. The van der Waals surface area contributed by atoms with Crippen molar-refractivity contribution in [3.8, 4) is 6.07 Å². The maximum absolute atomic E-state index is 13.0. The predicted octanol–water partition coefficient (Wildman–Crippen LogP) is 3.86. The van der Waals surface area contributed by atoms with Crippen LogP contribution in [0.5, 0.6) is 0 Å². The van der Waals surface area contributed by atoms with Gasteiger partial charge in [0.25, 0.3) is 0 Å². The lowest BCUT2D eigenvalue weighted by molar-refractivity contribution is -0.175. The molecule has 0 amide bonds. The Kier molecular flexibility index (Phi) is 3.52. The second-order valence-electron chi connectivity index (χ2n) is 5.78. The molecule has 1 saturated carbocycles. The van der Waals surface area contributed by atoms with Gasteiger partial charge in [0.1, 0.15) is 10.9 Å². The number of hydrogen-bond acceptors (Lipinski definition) is 4. The van der Waals surface area contributed by atoms with Crippen molar-refractivity contribution in [1.29, 1.82) is 5.26 Å². The van der Waals surface area contributed by atoms with E-state index in [4.69, 9.17) is 11.0 Å². The van der Waals surface area contributed by atoms with E-state index in [0.717, 1.165) is 23.4 Å². The van der Waals surface area contributed by atoms with Crippen LogP contribution in [0.25, 0.3) is 0 Å². The van der Waals surface area contributed by atoms with Crippen LogP contribution in [0.2, 0.25) is 0 Å². The van der Waals surface area contributed by atoms with Gasteiger partial charge in [-0.25, -0.2) is 0 Å². The maximum Gasteiger partial charge on any atom is 0.393 e. The van der Waals surface area contributed by atoms with E-state index in [1.54, 1.807) is 4.90 Å². The van der Waals surface area contributed by atoms with Gasteiger partial charge in [0.05, 0.1) is 16.6 Å². The van der Waals surface area contributed by atoms with E-state index in [-0.39, 0.29) is 13.0 Å². The molecule has 2 heterocycles. The number of nitrogens with two attached hydrogens (primary N) is 1. The molecule has 1 atom stereocenters. The molecule has 0 spiro atoms. The number of anilines is 2. The van der Waals surface area contributed by atoms with E-state index in [2.05, 4.69) is 6.07 Å². The van der Waals surface area contributed by atoms with Crippen molar-refractivity contribution in [1.82, 2.24) is 0 Å². The zero-order valence-electron chi connectivity index (χ0n) is 11.4. The van der Waals surface area contributed by atoms with E-state index in [9.17, 15) is 13.2 Å². The third kappa shape index (κ3) is 2.69. The Bertz CT molecular complexity index is 584. The van der Waals surface area contributed by atoms with Crippen LogP contribution in [0.4, 0.5) is 23.9 Å². The zero-order valence-corrected chi connectivity index (χ0v) is 12.2. The molecule has 114 valence electrons. The van der Waals surface area contributed by atoms with E-state index < -0.39 is 12.1 Å². The second-order valence-corrected chi connectivity index (χ2v) is 6.78. The van der Waals surface area contributed by atoms with Crippen molar-refractivity contribution < 1.29 is 13.2 Å². The number of thiophene rings is 1. The van der Waals surface area contributed by atoms with Crippen molar-refractivity contribution in [2.75, 3.05) is 23.7 Å². The van der Waals surface area contributed by atoms with Crippen molar-refractivity contribution in [3.05, 3.63) is 10.4 Å². The van der Waals surface area contributed by atoms with Gasteiger partial charge >= 0.3 is 6.18 Å². The summed E-state index contributed by atoms with van der Waals surface area (Å²) in [5.41, 5.74) is 7.42. The molecule has 0 bridgehead atoms. The maximum atomic E-state index is 13.0. The van der Waals surface area contributed by atoms with Gasteiger partial charge in [-0.15, -0.1) is 11.3 Å². The average Bonchev–Trinajstić information content (AvgIpc) is 3.22. The lowest BCUT2D eigenvalue weighted by Crippen LogP contribution is -2.41. The van der Waals surface area contributed by atoms with Crippen LogP contribution in [0.1, 0.15) is 42.0 Å². The molecule has 0 radical (unpaired) electrons. The molecule has 2 N–H and O–H groups in total. The molecule has 1 aliphatic heterocycles. The number of hydrogen-bond donors (Lipinski definition) is 1. The highest BCUT2D eigenvalue weighted by molar-refractivity contribution is 7.17. The molecule has 3 rings (SSSR count). The van der Waals surface area contributed by atoms with E-state index in [1.165, 1.54) is 11.3 Å². The molecule has 1 saturated heterocycles. The Labute approximate surface area is 125 Å². The molecule has 2 fully saturated rings. The number of halogens is 3. The molecule has 1 aromatic heterocycles. The second kappa shape index (κ2) is 5.09. The van der Waals surface area contributed by atoms with E-state index >= 15 is 0 Å². The van der Waals surface area contributed by atoms with Gasteiger partial charge in [-0.05, 0) is 31.6 Å². The first-order valence-electron chi connectivity index (χ1n) is 7.05. The quantitative estimate of drug-likeness (QED) is 0.901. The van der Waals surface area contributed by atoms with Crippen LogP contribution in [-0.4, -0.2) is 19.3 Å². The van der Waals surface area contributed by atoms with Gasteiger partial charge in [0.2, 0.25) is 0 Å². The Morgan fingerprint density at radius 2 is 2.00 bits per heavy atom. The summed E-state index contributed by atoms with van der Waals surface area (Å²) in [5, 5.41) is 9.91. The summed E-state index contributed by atoms with van der Waals surface area (Å²) in [7, 11) is 0. The number of nitrogen functional groups attached to an aromatic ring is 1. The lowest BCUT2D eigenvalue weighted by atomic mass is 9.97. The minimum absolute atomic E-state index is 0.0198. The van der Waals surface area contributed by atoms with Gasteiger partial charge in [-0.1, -0.05) is 0 Å².